The number of alkyl halides is 3. The van der Waals surface area contributed by atoms with Gasteiger partial charge in [-0.05, 0) is 25.1 Å². The number of benzene rings is 1. The van der Waals surface area contributed by atoms with E-state index < -0.39 is 12.6 Å². The summed E-state index contributed by atoms with van der Waals surface area (Å²) in [7, 11) is 0. The maximum Gasteiger partial charge on any atom is 0.524 e. The van der Waals surface area contributed by atoms with Gasteiger partial charge in [-0.25, -0.2) is 0 Å². The number of carbonyl (C=O) groups is 1. The molecule has 0 aliphatic heterocycles. The van der Waals surface area contributed by atoms with E-state index in [1.807, 2.05) is 0 Å². The zero-order valence-electron chi connectivity index (χ0n) is 11.2. The largest absolute Gasteiger partial charge is 0.524 e. The molecule has 0 aromatic heterocycles. The van der Waals surface area contributed by atoms with E-state index >= 15 is 0 Å². The molecule has 5 nitrogen and oxygen atoms in total. The summed E-state index contributed by atoms with van der Waals surface area (Å²) >= 11 is 3.23. The molecular formula is C12H13BrF3N3O2. The van der Waals surface area contributed by atoms with Crippen LogP contribution < -0.4 is 5.43 Å². The lowest BCUT2D eigenvalue weighted by atomic mass is 10.1. The molecule has 0 bridgehead atoms. The second-order valence-electron chi connectivity index (χ2n) is 3.96. The third-order valence-corrected chi connectivity index (χ3v) is 2.79. The summed E-state index contributed by atoms with van der Waals surface area (Å²) in [5, 5.41) is 6.73. The van der Waals surface area contributed by atoms with Crippen molar-refractivity contribution < 1.29 is 22.7 Å². The van der Waals surface area contributed by atoms with Crippen molar-refractivity contribution in [2.45, 2.75) is 32.9 Å². The van der Waals surface area contributed by atoms with E-state index in [0.29, 0.717) is 22.1 Å². The molecule has 21 heavy (non-hydrogen) atoms. The number of halogens is 4. The van der Waals surface area contributed by atoms with Crippen molar-refractivity contribution in [3.05, 3.63) is 28.2 Å². The first kappa shape index (κ1) is 17.6. The first-order valence-electron chi connectivity index (χ1n) is 5.96. The van der Waals surface area contributed by atoms with E-state index in [4.69, 9.17) is 0 Å². The molecule has 0 amide bonds. The maximum absolute atomic E-state index is 11.9. The number of ether oxygens (including phenoxy) is 1. The van der Waals surface area contributed by atoms with Gasteiger partial charge < -0.3 is 0 Å². The first-order chi connectivity index (χ1) is 9.73. The number of anilines is 1. The fraction of sp³-hybridized carbons (Fsp3) is 0.417. The second-order valence-corrected chi connectivity index (χ2v) is 4.87. The molecule has 0 saturated carbocycles. The molecule has 0 spiro atoms. The van der Waals surface area contributed by atoms with Gasteiger partial charge in [-0.15, -0.1) is 18.3 Å². The molecule has 0 fully saturated rings. The summed E-state index contributed by atoms with van der Waals surface area (Å²) in [6, 6.07) is 4.85. The van der Waals surface area contributed by atoms with Crippen LogP contribution in [0.2, 0.25) is 0 Å². The minimum absolute atomic E-state index is 0.125. The molecule has 0 radical (unpaired) electrons. The molecule has 0 aliphatic rings. The lowest BCUT2D eigenvalue weighted by Gasteiger charge is -2.10. The Morgan fingerprint density at radius 2 is 2.14 bits per heavy atom. The third kappa shape index (κ3) is 6.21. The summed E-state index contributed by atoms with van der Waals surface area (Å²) in [6.45, 7) is 2.80. The molecule has 9 heteroatoms. The molecule has 116 valence electrons. The third-order valence-electron chi connectivity index (χ3n) is 2.30. The first-order valence-corrected chi connectivity index (χ1v) is 6.75. The van der Waals surface area contributed by atoms with Crippen molar-refractivity contribution in [3.8, 4) is 0 Å². The molecule has 1 rings (SSSR count). The van der Waals surface area contributed by atoms with Crippen LogP contribution in [0.25, 0.3) is 0 Å². The van der Waals surface area contributed by atoms with Crippen molar-refractivity contribution in [2.24, 2.45) is 10.3 Å². The van der Waals surface area contributed by atoms with Gasteiger partial charge in [0.1, 0.15) is 0 Å². The Bertz CT molecular complexity index is 535. The van der Waals surface area contributed by atoms with Crippen LogP contribution >= 0.6 is 15.9 Å². The standard InChI is InChI=1S/C12H13BrF3N3O2/c1-3-11(20)9-5-4-8(13)6-10(9)18-19-17-7(2)21-12(14,15)16/h4-7H,3H2,1-2H3,(H,17,18). The molecular weight excluding hydrogens is 355 g/mol. The van der Waals surface area contributed by atoms with Crippen LogP contribution in [0.15, 0.2) is 33.0 Å². The number of hydrogen-bond donors (Lipinski definition) is 1. The van der Waals surface area contributed by atoms with Gasteiger partial charge in [0.05, 0.1) is 5.69 Å². The van der Waals surface area contributed by atoms with Crippen LogP contribution in [0, 0.1) is 0 Å². The zero-order chi connectivity index (χ0) is 16.0. The highest BCUT2D eigenvalue weighted by atomic mass is 79.9. The van der Waals surface area contributed by atoms with Crippen LogP contribution in [0.3, 0.4) is 0 Å². The number of nitrogens with one attached hydrogen (secondary N) is 1. The van der Waals surface area contributed by atoms with Gasteiger partial charge in [0.15, 0.2) is 12.0 Å². The number of carbonyl (C=O) groups excluding carboxylic acids is 1. The Hall–Kier alpha value is -1.48. The Balaban J connectivity index is 2.79. The van der Waals surface area contributed by atoms with Gasteiger partial charge in [0, 0.05) is 16.5 Å². The van der Waals surface area contributed by atoms with Crippen LogP contribution in [-0.4, -0.2) is 18.4 Å². The summed E-state index contributed by atoms with van der Waals surface area (Å²) < 4.78 is 40.1. The molecule has 0 aliphatic carbocycles. The number of ketones is 1. The van der Waals surface area contributed by atoms with Crippen molar-refractivity contribution in [1.82, 2.24) is 0 Å². The number of nitrogens with zero attached hydrogens (tertiary/aromatic N) is 2. The molecule has 1 aromatic carbocycles. The summed E-state index contributed by atoms with van der Waals surface area (Å²) in [5.74, 6) is -0.125. The van der Waals surface area contributed by atoms with Crippen LogP contribution in [0.5, 0.6) is 0 Å². The molecule has 1 N–H and O–H groups in total. The summed E-state index contributed by atoms with van der Waals surface area (Å²) in [5.41, 5.74) is 3.17. The van der Waals surface area contributed by atoms with Gasteiger partial charge in [-0.3, -0.25) is 15.0 Å². The van der Waals surface area contributed by atoms with E-state index in [-0.39, 0.29) is 5.78 Å². The topological polar surface area (TPSA) is 63.0 Å². The van der Waals surface area contributed by atoms with Gasteiger partial charge in [-0.1, -0.05) is 28.1 Å². The van der Waals surface area contributed by atoms with Gasteiger partial charge in [0.25, 0.3) is 0 Å². The predicted octanol–water partition coefficient (Wildman–Crippen LogP) is 4.70. The van der Waals surface area contributed by atoms with E-state index in [0.717, 1.165) is 6.92 Å². The quantitative estimate of drug-likeness (QED) is 0.450. The number of hydrogen-bond acceptors (Lipinski definition) is 4. The van der Waals surface area contributed by atoms with Crippen molar-refractivity contribution >= 4 is 27.4 Å². The molecule has 0 saturated heterocycles. The SMILES string of the molecule is CCC(=O)c1ccc(Br)cc1N/N=N\C(C)OC(F)(F)F. The predicted molar refractivity (Wildman–Crippen MR) is 73.8 cm³/mol. The Labute approximate surface area is 127 Å². The highest BCUT2D eigenvalue weighted by molar-refractivity contribution is 9.10. The second kappa shape index (κ2) is 7.51. The van der Waals surface area contributed by atoms with Crippen molar-refractivity contribution in [1.29, 1.82) is 0 Å². The van der Waals surface area contributed by atoms with Gasteiger partial charge >= 0.3 is 6.36 Å². The Morgan fingerprint density at radius 1 is 1.48 bits per heavy atom. The summed E-state index contributed by atoms with van der Waals surface area (Å²) in [4.78, 5) is 11.7. The maximum atomic E-state index is 11.9. The number of Topliss-reactive ketones (excluding diaryl/α,β-unsaturated/α-hetero) is 1. The molecule has 1 atom stereocenters. The van der Waals surface area contributed by atoms with E-state index in [2.05, 4.69) is 36.4 Å². The zero-order valence-corrected chi connectivity index (χ0v) is 12.8. The Kier molecular flexibility index (Phi) is 6.28. The smallest absolute Gasteiger partial charge is 0.294 e. The lowest BCUT2D eigenvalue weighted by molar-refractivity contribution is -0.339. The minimum Gasteiger partial charge on any atom is -0.294 e. The normalized spacial score (nSPS) is 13.4. The van der Waals surface area contributed by atoms with Crippen molar-refractivity contribution in [2.75, 3.05) is 5.43 Å². The van der Waals surface area contributed by atoms with Gasteiger partial charge in [-0.2, -0.15) is 0 Å². The fourth-order valence-electron chi connectivity index (χ4n) is 1.42. The number of rotatable bonds is 6. The Morgan fingerprint density at radius 3 is 2.71 bits per heavy atom. The van der Waals surface area contributed by atoms with Crippen LogP contribution in [0.1, 0.15) is 30.6 Å². The fourth-order valence-corrected chi connectivity index (χ4v) is 1.78. The van der Waals surface area contributed by atoms with E-state index in [1.54, 1.807) is 25.1 Å². The van der Waals surface area contributed by atoms with E-state index in [9.17, 15) is 18.0 Å². The highest BCUT2D eigenvalue weighted by Crippen LogP contribution is 2.23. The minimum atomic E-state index is -4.78. The molecule has 1 aromatic rings. The van der Waals surface area contributed by atoms with Crippen LogP contribution in [0.4, 0.5) is 18.9 Å². The lowest BCUT2D eigenvalue weighted by Crippen LogP contribution is -2.19. The van der Waals surface area contributed by atoms with Gasteiger partial charge in [0.2, 0.25) is 0 Å². The van der Waals surface area contributed by atoms with Crippen molar-refractivity contribution in [3.63, 3.8) is 0 Å². The molecule has 0 heterocycles. The van der Waals surface area contributed by atoms with E-state index in [1.165, 1.54) is 0 Å². The monoisotopic (exact) mass is 367 g/mol. The van der Waals surface area contributed by atoms with Crippen LogP contribution in [-0.2, 0) is 4.74 Å². The molecule has 1 unspecified atom stereocenters. The highest BCUT2D eigenvalue weighted by Gasteiger charge is 2.32. The average Bonchev–Trinajstić information content (AvgIpc) is 2.36. The summed E-state index contributed by atoms with van der Waals surface area (Å²) in [6.07, 6.45) is -5.98. The average molecular weight is 368 g/mol.